The molecular weight excluding hydrogens is 397 g/mol. The average molecular weight is 424 g/mol. The lowest BCUT2D eigenvalue weighted by atomic mass is 9.97. The van der Waals surface area contributed by atoms with Crippen molar-refractivity contribution in [2.45, 2.75) is 56.0 Å². The van der Waals surface area contributed by atoms with Crippen molar-refractivity contribution in [2.75, 3.05) is 5.75 Å². The molecule has 1 aliphatic carbocycles. The van der Waals surface area contributed by atoms with Crippen LogP contribution >= 0.6 is 11.8 Å². The fourth-order valence-electron chi connectivity index (χ4n) is 4.01. The van der Waals surface area contributed by atoms with Gasteiger partial charge in [-0.1, -0.05) is 68.1 Å². The number of carbonyl (C=O) groups is 1. The maximum absolute atomic E-state index is 13.3. The van der Waals surface area contributed by atoms with Gasteiger partial charge in [0.1, 0.15) is 16.5 Å². The number of benzene rings is 2. The lowest BCUT2D eigenvalue weighted by molar-refractivity contribution is -0.119. The fourth-order valence-corrected chi connectivity index (χ4v) is 4.79. The Kier molecular flexibility index (Phi) is 6.95. The average Bonchev–Trinajstić information content (AvgIpc) is 2.74. The first-order chi connectivity index (χ1) is 14.7. The van der Waals surface area contributed by atoms with E-state index in [0.717, 1.165) is 34.2 Å². The second-order valence-electron chi connectivity index (χ2n) is 7.80. The Morgan fingerprint density at radius 2 is 1.60 bits per heavy atom. The van der Waals surface area contributed by atoms with Crippen molar-refractivity contribution in [3.05, 3.63) is 54.3 Å². The molecule has 6 heteroatoms. The molecule has 1 N–H and O–H groups in total. The normalized spacial score (nSPS) is 15.5. The minimum Gasteiger partial charge on any atom is -0.353 e. The van der Waals surface area contributed by atoms with Crippen LogP contribution in [0.25, 0.3) is 22.0 Å². The summed E-state index contributed by atoms with van der Waals surface area (Å²) in [5.41, 5.74) is 1.53. The highest BCUT2D eigenvalue weighted by Crippen LogP contribution is 2.31. The molecule has 3 aromatic rings. The molecule has 0 radical (unpaired) electrons. The SMILES string of the molecule is O=C(CSc1nnc(-c2ccc(F)cc2)c2ccccc12)NC1CCCCCCC1. The van der Waals surface area contributed by atoms with Crippen LogP contribution in [0.1, 0.15) is 44.9 Å². The number of fused-ring (bicyclic) bond motifs is 1. The molecule has 30 heavy (non-hydrogen) atoms. The van der Waals surface area contributed by atoms with E-state index in [4.69, 9.17) is 0 Å². The zero-order chi connectivity index (χ0) is 20.8. The van der Waals surface area contributed by atoms with Gasteiger partial charge in [0.15, 0.2) is 0 Å². The predicted octanol–water partition coefficient (Wildman–Crippen LogP) is 5.76. The summed E-state index contributed by atoms with van der Waals surface area (Å²) in [4.78, 5) is 12.5. The summed E-state index contributed by atoms with van der Waals surface area (Å²) in [5.74, 6) is 0.1000. The van der Waals surface area contributed by atoms with Gasteiger partial charge in [-0.2, -0.15) is 0 Å². The molecule has 1 fully saturated rings. The first-order valence-electron chi connectivity index (χ1n) is 10.6. The third-order valence-corrected chi connectivity index (χ3v) is 6.56. The first-order valence-corrected chi connectivity index (χ1v) is 11.6. The van der Waals surface area contributed by atoms with Gasteiger partial charge in [0, 0.05) is 22.4 Å². The Morgan fingerprint density at radius 3 is 2.33 bits per heavy atom. The minimum absolute atomic E-state index is 0.0547. The second-order valence-corrected chi connectivity index (χ2v) is 8.77. The summed E-state index contributed by atoms with van der Waals surface area (Å²) in [6.45, 7) is 0. The van der Waals surface area contributed by atoms with Crippen LogP contribution in [-0.4, -0.2) is 27.9 Å². The van der Waals surface area contributed by atoms with Gasteiger partial charge in [-0.05, 0) is 37.1 Å². The molecule has 4 nitrogen and oxygen atoms in total. The Balaban J connectivity index is 1.47. The van der Waals surface area contributed by atoms with Gasteiger partial charge in [-0.3, -0.25) is 4.79 Å². The molecule has 4 rings (SSSR count). The number of halogens is 1. The molecule has 1 aromatic heterocycles. The number of rotatable bonds is 5. The highest BCUT2D eigenvalue weighted by Gasteiger charge is 2.16. The van der Waals surface area contributed by atoms with Gasteiger partial charge in [-0.15, -0.1) is 10.2 Å². The van der Waals surface area contributed by atoms with E-state index in [0.29, 0.717) is 17.5 Å². The van der Waals surface area contributed by atoms with E-state index in [1.807, 2.05) is 24.3 Å². The summed E-state index contributed by atoms with van der Waals surface area (Å²) in [5, 5.41) is 14.6. The molecular formula is C24H26FN3OS. The number of aromatic nitrogens is 2. The summed E-state index contributed by atoms with van der Waals surface area (Å²) in [6, 6.07) is 14.4. The van der Waals surface area contributed by atoms with Crippen molar-refractivity contribution in [3.63, 3.8) is 0 Å². The molecule has 1 heterocycles. The Morgan fingerprint density at radius 1 is 0.933 bits per heavy atom. The number of amides is 1. The third-order valence-electron chi connectivity index (χ3n) is 5.58. The molecule has 2 aromatic carbocycles. The number of nitrogens with one attached hydrogen (secondary N) is 1. The Labute approximate surface area is 180 Å². The van der Waals surface area contributed by atoms with Gasteiger partial charge in [0.25, 0.3) is 0 Å². The van der Waals surface area contributed by atoms with Gasteiger partial charge in [0.05, 0.1) is 5.75 Å². The number of carbonyl (C=O) groups excluding carboxylic acids is 1. The summed E-state index contributed by atoms with van der Waals surface area (Å²) < 4.78 is 13.3. The van der Waals surface area contributed by atoms with Crippen molar-refractivity contribution in [2.24, 2.45) is 0 Å². The van der Waals surface area contributed by atoms with E-state index in [1.54, 1.807) is 12.1 Å². The molecule has 1 saturated carbocycles. The third kappa shape index (κ3) is 5.17. The zero-order valence-corrected chi connectivity index (χ0v) is 17.8. The van der Waals surface area contributed by atoms with Crippen LogP contribution in [0.2, 0.25) is 0 Å². The quantitative estimate of drug-likeness (QED) is 0.530. The molecule has 0 unspecified atom stereocenters. The molecule has 1 amide bonds. The molecule has 0 saturated heterocycles. The Bertz CT molecular complexity index is 1000. The topological polar surface area (TPSA) is 54.9 Å². The van der Waals surface area contributed by atoms with Crippen LogP contribution in [0.4, 0.5) is 4.39 Å². The Hall–Kier alpha value is -2.47. The minimum atomic E-state index is -0.279. The van der Waals surface area contributed by atoms with Gasteiger partial charge < -0.3 is 5.32 Å². The molecule has 0 aliphatic heterocycles. The van der Waals surface area contributed by atoms with Gasteiger partial charge in [0.2, 0.25) is 5.91 Å². The molecule has 156 valence electrons. The lowest BCUT2D eigenvalue weighted by Gasteiger charge is -2.21. The van der Waals surface area contributed by atoms with Crippen molar-refractivity contribution in [1.29, 1.82) is 0 Å². The van der Waals surface area contributed by atoms with Crippen molar-refractivity contribution >= 4 is 28.4 Å². The maximum atomic E-state index is 13.3. The highest BCUT2D eigenvalue weighted by molar-refractivity contribution is 8.00. The lowest BCUT2D eigenvalue weighted by Crippen LogP contribution is -2.36. The number of hydrogen-bond acceptors (Lipinski definition) is 4. The number of hydrogen-bond donors (Lipinski definition) is 1. The van der Waals surface area contributed by atoms with E-state index in [9.17, 15) is 9.18 Å². The van der Waals surface area contributed by atoms with Crippen LogP contribution in [0.15, 0.2) is 53.6 Å². The molecule has 0 atom stereocenters. The predicted molar refractivity (Wildman–Crippen MR) is 120 cm³/mol. The van der Waals surface area contributed by atoms with Gasteiger partial charge >= 0.3 is 0 Å². The van der Waals surface area contributed by atoms with Crippen molar-refractivity contribution in [3.8, 4) is 11.3 Å². The van der Waals surface area contributed by atoms with E-state index >= 15 is 0 Å². The van der Waals surface area contributed by atoms with Crippen LogP contribution < -0.4 is 5.32 Å². The monoisotopic (exact) mass is 423 g/mol. The fraction of sp³-hybridized carbons (Fsp3) is 0.375. The van der Waals surface area contributed by atoms with Crippen molar-refractivity contribution < 1.29 is 9.18 Å². The second kappa shape index (κ2) is 10.0. The van der Waals surface area contributed by atoms with E-state index < -0.39 is 0 Å². The molecule has 0 spiro atoms. The highest BCUT2D eigenvalue weighted by atomic mass is 32.2. The smallest absolute Gasteiger partial charge is 0.230 e. The first kappa shape index (κ1) is 20.8. The van der Waals surface area contributed by atoms with E-state index in [-0.39, 0.29) is 11.7 Å². The number of thioether (sulfide) groups is 1. The van der Waals surface area contributed by atoms with E-state index in [1.165, 1.54) is 56.0 Å². The maximum Gasteiger partial charge on any atom is 0.230 e. The van der Waals surface area contributed by atoms with Crippen LogP contribution in [-0.2, 0) is 4.79 Å². The summed E-state index contributed by atoms with van der Waals surface area (Å²) in [6.07, 6.45) is 8.39. The summed E-state index contributed by atoms with van der Waals surface area (Å²) in [7, 11) is 0. The van der Waals surface area contributed by atoms with Crippen molar-refractivity contribution in [1.82, 2.24) is 15.5 Å². The molecule has 0 bridgehead atoms. The van der Waals surface area contributed by atoms with Crippen LogP contribution in [0.5, 0.6) is 0 Å². The largest absolute Gasteiger partial charge is 0.353 e. The van der Waals surface area contributed by atoms with Crippen LogP contribution in [0, 0.1) is 5.82 Å². The molecule has 1 aliphatic rings. The summed E-state index contributed by atoms with van der Waals surface area (Å²) >= 11 is 1.42. The van der Waals surface area contributed by atoms with Gasteiger partial charge in [-0.25, -0.2) is 4.39 Å². The number of nitrogens with zero attached hydrogens (tertiary/aromatic N) is 2. The van der Waals surface area contributed by atoms with E-state index in [2.05, 4.69) is 15.5 Å². The zero-order valence-electron chi connectivity index (χ0n) is 16.9. The van der Waals surface area contributed by atoms with Crippen LogP contribution in [0.3, 0.4) is 0 Å². The standard InChI is InChI=1S/C24H26FN3OS/c25-18-14-12-17(13-15-18)23-20-10-6-7-11-21(20)24(28-27-23)30-16-22(29)26-19-8-4-2-1-3-5-9-19/h6-7,10-15,19H,1-5,8-9,16H2,(H,26,29).